The Morgan fingerprint density at radius 3 is 3.10 bits per heavy atom. The Balaban J connectivity index is 2.01. The van der Waals surface area contributed by atoms with Crippen LogP contribution in [-0.4, -0.2) is 22.8 Å². The molecule has 154 valence electrons. The molecule has 3 aromatic rings. The second kappa shape index (κ2) is 8.68. The van der Waals surface area contributed by atoms with E-state index in [0.717, 1.165) is 0 Å². The maximum atomic E-state index is 8.96. The third kappa shape index (κ3) is 3.94. The van der Waals surface area contributed by atoms with Crippen LogP contribution in [0.4, 0.5) is 5.69 Å². The first-order chi connectivity index (χ1) is 19.3. The van der Waals surface area contributed by atoms with Crippen LogP contribution in [0.25, 0.3) is 27.7 Å². The van der Waals surface area contributed by atoms with Crippen molar-refractivity contribution in [1.82, 2.24) is 15.5 Å². The second-order valence-electron chi connectivity index (χ2n) is 6.52. The van der Waals surface area contributed by atoms with Crippen LogP contribution in [-0.2, 0) is 6.37 Å². The SMILES string of the molecule is [2H]c1c([2H])c(-c2noc(-c3c([2H])c([2H])c(OC([2H])(C)C)c([N+]#[C-])c3[2H])n2)c2c(c1[2H])[C@@]([2H])(NCCC)C([2H])([2H])C2([2H])[2H]. The maximum absolute atomic E-state index is 8.96. The molecule has 2 aromatic carbocycles. The van der Waals surface area contributed by atoms with Gasteiger partial charge >= 0.3 is 0 Å². The van der Waals surface area contributed by atoms with Crippen LogP contribution in [0.3, 0.4) is 0 Å². The Bertz CT molecular complexity index is 1640. The van der Waals surface area contributed by atoms with Crippen molar-refractivity contribution in [3.05, 3.63) is 58.8 Å². The van der Waals surface area contributed by atoms with E-state index in [2.05, 4.69) is 20.3 Å². The number of fused-ring (bicyclic) bond motifs is 1. The molecule has 1 heterocycles. The molecule has 6 nitrogen and oxygen atoms in total. The van der Waals surface area contributed by atoms with Gasteiger partial charge in [0.05, 0.1) is 22.2 Å². The predicted octanol–water partition coefficient (Wildman–Crippen LogP) is 5.73. The summed E-state index contributed by atoms with van der Waals surface area (Å²) in [4.78, 5) is 7.34. The van der Waals surface area contributed by atoms with Gasteiger partial charge in [0, 0.05) is 24.0 Å². The fourth-order valence-corrected chi connectivity index (χ4v) is 2.73. The highest BCUT2D eigenvalue weighted by molar-refractivity contribution is 5.70. The first kappa shape index (κ1) is 10.2. The van der Waals surface area contributed by atoms with Gasteiger partial charge < -0.3 is 14.6 Å². The van der Waals surface area contributed by atoms with Gasteiger partial charge in [0.1, 0.15) is 5.75 Å². The maximum Gasteiger partial charge on any atom is 0.256 e. The average Bonchev–Trinajstić information content (AvgIpc) is 3.40. The molecule has 0 unspecified atom stereocenters. The molecule has 4 rings (SSSR count). The smallest absolute Gasteiger partial charge is 0.256 e. The largest absolute Gasteiger partial charge is 0.502 e. The summed E-state index contributed by atoms with van der Waals surface area (Å²) in [5, 5.41) is 6.42. The molecule has 0 amide bonds. The van der Waals surface area contributed by atoms with Gasteiger partial charge in [0.2, 0.25) is 11.5 Å². The number of aromatic nitrogens is 2. The molecule has 6 heteroatoms. The molecule has 1 aromatic heterocycles. The monoisotopic (exact) mass is 414 g/mol. The fraction of sp³-hybridized carbons (Fsp3) is 0.375. The van der Waals surface area contributed by atoms with Crippen molar-refractivity contribution in [1.29, 1.82) is 0 Å². The molecule has 0 aliphatic heterocycles. The highest BCUT2D eigenvalue weighted by Crippen LogP contribution is 2.38. The lowest BCUT2D eigenvalue weighted by atomic mass is 10.0. The zero-order valence-corrected chi connectivity index (χ0v) is 16.6. The lowest BCUT2D eigenvalue weighted by Gasteiger charge is -2.13. The molecule has 0 saturated heterocycles. The summed E-state index contributed by atoms with van der Waals surface area (Å²) in [5.41, 5.74) is -2.52. The van der Waals surface area contributed by atoms with Crippen molar-refractivity contribution < 1.29 is 25.7 Å². The molecule has 0 radical (unpaired) electrons. The molecule has 1 aliphatic carbocycles. The van der Waals surface area contributed by atoms with Crippen LogP contribution >= 0.6 is 0 Å². The third-order valence-corrected chi connectivity index (χ3v) is 4.03. The van der Waals surface area contributed by atoms with Crippen molar-refractivity contribution in [2.24, 2.45) is 0 Å². The lowest BCUT2D eigenvalue weighted by molar-refractivity contribution is 0.244. The van der Waals surface area contributed by atoms with E-state index in [4.69, 9.17) is 32.3 Å². The molecule has 1 atom stereocenters. The van der Waals surface area contributed by atoms with Gasteiger partial charge in [0.25, 0.3) is 5.89 Å². The highest BCUT2D eigenvalue weighted by Gasteiger charge is 2.26. The third-order valence-electron chi connectivity index (χ3n) is 4.03. The number of benzene rings is 2. The Kier molecular flexibility index (Phi) is 2.96. The molecular formula is C24H26N4O2. The van der Waals surface area contributed by atoms with Crippen LogP contribution in [0.1, 0.15) is 67.2 Å². The highest BCUT2D eigenvalue weighted by atomic mass is 16.5. The van der Waals surface area contributed by atoms with Gasteiger partial charge in [-0.1, -0.05) is 30.2 Å². The molecular weight excluding hydrogens is 376 g/mol. The molecule has 1 aliphatic rings. The number of nitrogens with one attached hydrogen (secondary N) is 1. The van der Waals surface area contributed by atoms with E-state index in [1.807, 2.05) is 0 Å². The number of nitrogens with zero attached hydrogens (tertiary/aromatic N) is 3. The van der Waals surface area contributed by atoms with Gasteiger partial charge in [-0.05, 0) is 68.8 Å². The molecule has 1 N–H and O–H groups in total. The normalized spacial score (nSPS) is 27.1. The van der Waals surface area contributed by atoms with Crippen molar-refractivity contribution in [3.8, 4) is 28.6 Å². The van der Waals surface area contributed by atoms with Crippen molar-refractivity contribution in [2.45, 2.75) is 52.0 Å². The minimum absolute atomic E-state index is 0.0874. The molecule has 0 spiro atoms. The number of hydrogen-bond acceptors (Lipinski definition) is 5. The van der Waals surface area contributed by atoms with Gasteiger partial charge in [-0.3, -0.25) is 0 Å². The van der Waals surface area contributed by atoms with E-state index in [-0.39, 0.29) is 6.54 Å². The summed E-state index contributed by atoms with van der Waals surface area (Å²) in [5.74, 6) is -1.56. The van der Waals surface area contributed by atoms with Crippen molar-refractivity contribution in [2.75, 3.05) is 6.54 Å². The van der Waals surface area contributed by atoms with Crippen LogP contribution < -0.4 is 10.1 Å². The summed E-state index contributed by atoms with van der Waals surface area (Å²) >= 11 is 0. The quantitative estimate of drug-likeness (QED) is 0.500. The second-order valence-corrected chi connectivity index (χ2v) is 6.52. The molecule has 0 saturated carbocycles. The Hall–Kier alpha value is -3.17. The Morgan fingerprint density at radius 2 is 2.33 bits per heavy atom. The summed E-state index contributed by atoms with van der Waals surface area (Å²) in [6.07, 6.45) is -7.11. The van der Waals surface area contributed by atoms with Gasteiger partial charge in [-0.2, -0.15) is 4.98 Å². The number of rotatable bonds is 7. The van der Waals surface area contributed by atoms with Crippen molar-refractivity contribution >= 4 is 5.69 Å². The van der Waals surface area contributed by atoms with Crippen LogP contribution in [0, 0.1) is 6.57 Å². The zero-order chi connectivity index (χ0) is 31.7. The minimum atomic E-state index is -2.98. The number of hydrogen-bond donors (Lipinski definition) is 1. The van der Waals surface area contributed by atoms with Crippen LogP contribution in [0.15, 0.2) is 40.8 Å². The summed E-state index contributed by atoms with van der Waals surface area (Å²) in [7, 11) is 0. The van der Waals surface area contributed by atoms with Crippen LogP contribution in [0.5, 0.6) is 5.75 Å². The summed E-state index contributed by atoms with van der Waals surface area (Å²) in [6.45, 7) is 12.0. The fourth-order valence-electron chi connectivity index (χ4n) is 2.73. The van der Waals surface area contributed by atoms with E-state index in [9.17, 15) is 0 Å². The minimum Gasteiger partial charge on any atom is -0.502 e. The first-order valence-corrected chi connectivity index (χ1v) is 9.22. The van der Waals surface area contributed by atoms with Gasteiger partial charge in [-0.15, -0.1) is 0 Å². The first-order valence-electron chi connectivity index (χ1n) is 15.2. The standard InChI is InChI=1S/C24H26N4O2/c1-5-13-26-20-11-10-17-18(20)7-6-8-19(17)23-27-24(30-28-23)16-9-12-22(29-15(2)3)21(14-16)25-4/h6-9,12,14-15,20,26H,5,10-11,13H2,1-3H3/t20-/m0/s1/i6D,7D,8D,9D,10D2,11D2,12D,14D,15D,20D. The van der Waals surface area contributed by atoms with Crippen molar-refractivity contribution in [3.63, 3.8) is 0 Å². The molecule has 30 heavy (non-hydrogen) atoms. The molecule has 0 fully saturated rings. The zero-order valence-electron chi connectivity index (χ0n) is 28.6. The van der Waals surface area contributed by atoms with Gasteiger partial charge in [-0.25, -0.2) is 4.85 Å². The van der Waals surface area contributed by atoms with E-state index < -0.39 is 107 Å². The van der Waals surface area contributed by atoms with Crippen LogP contribution in [0.2, 0.25) is 0 Å². The topological polar surface area (TPSA) is 64.5 Å². The average molecular weight is 415 g/mol. The number of ether oxygens (including phenoxy) is 1. The Morgan fingerprint density at radius 1 is 1.47 bits per heavy atom. The van der Waals surface area contributed by atoms with E-state index in [0.29, 0.717) is 6.42 Å². The van der Waals surface area contributed by atoms with E-state index >= 15 is 0 Å². The Labute approximate surface area is 193 Å². The molecule has 0 bridgehead atoms. The lowest BCUT2D eigenvalue weighted by Crippen LogP contribution is -2.19. The van der Waals surface area contributed by atoms with E-state index in [1.54, 1.807) is 6.92 Å². The van der Waals surface area contributed by atoms with E-state index in [1.165, 1.54) is 13.8 Å². The predicted molar refractivity (Wildman–Crippen MR) is 117 cm³/mol. The van der Waals surface area contributed by atoms with Gasteiger partial charge in [0.15, 0.2) is 0 Å². The summed E-state index contributed by atoms with van der Waals surface area (Å²) in [6, 6.07) is -6.59. The summed E-state index contributed by atoms with van der Waals surface area (Å²) < 4.78 is 113.